The van der Waals surface area contributed by atoms with Crippen LogP contribution >= 0.6 is 12.2 Å². The Kier molecular flexibility index (Phi) is 4.40. The summed E-state index contributed by atoms with van der Waals surface area (Å²) in [5.41, 5.74) is 2.20. The molecule has 3 heterocycles. The lowest BCUT2D eigenvalue weighted by Crippen LogP contribution is -2.33. The summed E-state index contributed by atoms with van der Waals surface area (Å²) in [6.45, 7) is 1.39. The molecular weight excluding hydrogens is 296 g/mol. The molecule has 2 atom stereocenters. The smallest absolute Gasteiger partial charge is 0.170 e. The molecule has 1 saturated heterocycles. The second kappa shape index (κ2) is 6.46. The van der Waals surface area contributed by atoms with E-state index in [1.54, 1.807) is 7.11 Å². The Morgan fingerprint density at radius 3 is 2.82 bits per heavy atom. The molecule has 1 aliphatic heterocycles. The molecule has 0 radical (unpaired) electrons. The first-order valence-electron chi connectivity index (χ1n) is 7.30. The number of aryl methyl sites for hydroxylation is 1. The van der Waals surface area contributed by atoms with E-state index in [0.29, 0.717) is 6.61 Å². The van der Waals surface area contributed by atoms with Gasteiger partial charge in [0.05, 0.1) is 24.4 Å². The number of pyridine rings is 1. The van der Waals surface area contributed by atoms with Gasteiger partial charge in [0, 0.05) is 38.8 Å². The Morgan fingerprint density at radius 1 is 1.32 bits per heavy atom. The van der Waals surface area contributed by atoms with Crippen molar-refractivity contribution in [1.82, 2.24) is 19.8 Å². The van der Waals surface area contributed by atoms with E-state index in [0.717, 1.165) is 17.4 Å². The Balaban J connectivity index is 1.99. The largest absolute Gasteiger partial charge is 0.383 e. The lowest BCUT2D eigenvalue weighted by atomic mass is 10.0. The number of nitrogens with one attached hydrogen (secondary N) is 1. The minimum atomic E-state index is 0.0409. The highest BCUT2D eigenvalue weighted by Gasteiger charge is 2.40. The summed E-state index contributed by atoms with van der Waals surface area (Å²) in [5.74, 6) is 0. The summed E-state index contributed by atoms with van der Waals surface area (Å²) in [7, 11) is 3.76. The SMILES string of the molecule is COCCN1C(=S)N[C@@H](c2ccccn2)[C@H]1c1cccn1C. The summed E-state index contributed by atoms with van der Waals surface area (Å²) in [4.78, 5) is 6.70. The number of hydrogen-bond acceptors (Lipinski definition) is 3. The van der Waals surface area contributed by atoms with Crippen LogP contribution in [0.25, 0.3) is 0 Å². The van der Waals surface area contributed by atoms with Gasteiger partial charge in [-0.2, -0.15) is 0 Å². The standard InChI is InChI=1S/C16H20N4OS/c1-19-9-5-7-13(19)15-14(12-6-3-4-8-17-12)18-16(22)20(15)10-11-21-2/h3-9,14-15H,10-11H2,1-2H3,(H,18,22)/t14-,15+/m0/s1. The molecule has 0 amide bonds. The van der Waals surface area contributed by atoms with E-state index in [-0.39, 0.29) is 12.1 Å². The summed E-state index contributed by atoms with van der Waals surface area (Å²) in [5, 5.41) is 4.17. The van der Waals surface area contributed by atoms with Crippen LogP contribution in [0, 0.1) is 0 Å². The first-order valence-corrected chi connectivity index (χ1v) is 7.71. The van der Waals surface area contributed by atoms with Crippen molar-refractivity contribution in [2.24, 2.45) is 7.05 Å². The predicted molar refractivity (Wildman–Crippen MR) is 89.4 cm³/mol. The highest BCUT2D eigenvalue weighted by molar-refractivity contribution is 7.80. The molecule has 0 aliphatic carbocycles. The fourth-order valence-electron chi connectivity index (χ4n) is 2.94. The lowest BCUT2D eigenvalue weighted by molar-refractivity contribution is 0.162. The molecule has 0 spiro atoms. The minimum absolute atomic E-state index is 0.0409. The van der Waals surface area contributed by atoms with E-state index in [2.05, 4.69) is 45.1 Å². The van der Waals surface area contributed by atoms with Crippen molar-refractivity contribution in [2.75, 3.05) is 20.3 Å². The van der Waals surface area contributed by atoms with Gasteiger partial charge >= 0.3 is 0 Å². The van der Waals surface area contributed by atoms with Gasteiger partial charge in [-0.25, -0.2) is 0 Å². The Labute approximate surface area is 135 Å². The maximum absolute atomic E-state index is 5.55. The number of nitrogens with zero attached hydrogens (tertiary/aromatic N) is 3. The molecule has 6 heteroatoms. The third-order valence-corrected chi connectivity index (χ3v) is 4.37. The van der Waals surface area contributed by atoms with Crippen molar-refractivity contribution < 1.29 is 4.74 Å². The fourth-order valence-corrected chi connectivity index (χ4v) is 3.27. The first kappa shape index (κ1) is 15.0. The predicted octanol–water partition coefficient (Wildman–Crippen LogP) is 2.04. The molecule has 0 bridgehead atoms. The fraction of sp³-hybridized carbons (Fsp3) is 0.375. The van der Waals surface area contributed by atoms with Crippen molar-refractivity contribution in [3.05, 3.63) is 54.1 Å². The summed E-state index contributed by atoms with van der Waals surface area (Å²) in [6, 6.07) is 10.3. The van der Waals surface area contributed by atoms with Crippen LogP contribution in [0.4, 0.5) is 0 Å². The van der Waals surface area contributed by atoms with Gasteiger partial charge in [0.1, 0.15) is 0 Å². The monoisotopic (exact) mass is 316 g/mol. The highest BCUT2D eigenvalue weighted by atomic mass is 32.1. The van der Waals surface area contributed by atoms with Gasteiger partial charge < -0.3 is 19.5 Å². The van der Waals surface area contributed by atoms with Gasteiger partial charge in [0.25, 0.3) is 0 Å². The topological polar surface area (TPSA) is 42.3 Å². The van der Waals surface area contributed by atoms with Gasteiger partial charge in [-0.05, 0) is 36.5 Å². The van der Waals surface area contributed by atoms with Crippen LogP contribution < -0.4 is 5.32 Å². The molecular formula is C16H20N4OS. The molecule has 116 valence electrons. The van der Waals surface area contributed by atoms with Crippen LogP contribution in [0.3, 0.4) is 0 Å². The lowest BCUT2D eigenvalue weighted by Gasteiger charge is -2.28. The molecule has 0 aromatic carbocycles. The average Bonchev–Trinajstić information content (AvgIpc) is 3.09. The molecule has 1 N–H and O–H groups in total. The zero-order chi connectivity index (χ0) is 15.5. The maximum atomic E-state index is 5.55. The third-order valence-electron chi connectivity index (χ3n) is 4.02. The van der Waals surface area contributed by atoms with Crippen molar-refractivity contribution in [3.63, 3.8) is 0 Å². The second-order valence-corrected chi connectivity index (χ2v) is 5.74. The zero-order valence-electron chi connectivity index (χ0n) is 12.8. The van der Waals surface area contributed by atoms with Gasteiger partial charge in [-0.3, -0.25) is 4.98 Å². The number of rotatable bonds is 5. The Hall–Kier alpha value is -1.92. The van der Waals surface area contributed by atoms with Gasteiger partial charge in [-0.1, -0.05) is 6.07 Å². The van der Waals surface area contributed by atoms with Crippen molar-refractivity contribution in [1.29, 1.82) is 0 Å². The van der Waals surface area contributed by atoms with E-state index >= 15 is 0 Å². The maximum Gasteiger partial charge on any atom is 0.170 e. The second-order valence-electron chi connectivity index (χ2n) is 5.36. The van der Waals surface area contributed by atoms with E-state index in [1.807, 2.05) is 24.4 Å². The van der Waals surface area contributed by atoms with Crippen molar-refractivity contribution in [2.45, 2.75) is 12.1 Å². The van der Waals surface area contributed by atoms with E-state index < -0.39 is 0 Å². The molecule has 22 heavy (non-hydrogen) atoms. The van der Waals surface area contributed by atoms with Gasteiger partial charge in [0.2, 0.25) is 0 Å². The normalized spacial score (nSPS) is 21.2. The molecule has 2 aromatic heterocycles. The first-order chi connectivity index (χ1) is 10.7. The minimum Gasteiger partial charge on any atom is -0.383 e. The van der Waals surface area contributed by atoms with Gasteiger partial charge in [0.15, 0.2) is 5.11 Å². The summed E-state index contributed by atoms with van der Waals surface area (Å²) >= 11 is 5.55. The summed E-state index contributed by atoms with van der Waals surface area (Å²) < 4.78 is 7.37. The third kappa shape index (κ3) is 2.71. The van der Waals surface area contributed by atoms with Crippen LogP contribution in [0.15, 0.2) is 42.7 Å². The van der Waals surface area contributed by atoms with E-state index in [4.69, 9.17) is 17.0 Å². The highest BCUT2D eigenvalue weighted by Crippen LogP contribution is 2.38. The van der Waals surface area contributed by atoms with Crippen LogP contribution in [0.1, 0.15) is 23.5 Å². The van der Waals surface area contributed by atoms with Crippen LogP contribution in [0.5, 0.6) is 0 Å². The molecule has 1 aliphatic rings. The number of aromatic nitrogens is 2. The van der Waals surface area contributed by atoms with Crippen molar-refractivity contribution >= 4 is 17.3 Å². The Bertz CT molecular complexity index is 643. The molecule has 0 saturated carbocycles. The quantitative estimate of drug-likeness (QED) is 0.855. The van der Waals surface area contributed by atoms with Crippen molar-refractivity contribution in [3.8, 4) is 0 Å². The van der Waals surface area contributed by atoms with Crippen LogP contribution in [-0.2, 0) is 11.8 Å². The molecule has 5 nitrogen and oxygen atoms in total. The van der Waals surface area contributed by atoms with E-state index in [1.165, 1.54) is 5.69 Å². The number of ether oxygens (including phenoxy) is 1. The molecule has 3 rings (SSSR count). The number of methoxy groups -OCH3 is 1. The molecule has 0 unspecified atom stereocenters. The summed E-state index contributed by atoms with van der Waals surface area (Å²) in [6.07, 6.45) is 3.88. The Morgan fingerprint density at radius 2 is 2.18 bits per heavy atom. The zero-order valence-corrected chi connectivity index (χ0v) is 13.6. The number of hydrogen-bond donors (Lipinski definition) is 1. The average molecular weight is 316 g/mol. The molecule has 1 fully saturated rings. The molecule has 2 aromatic rings. The van der Waals surface area contributed by atoms with Gasteiger partial charge in [-0.15, -0.1) is 0 Å². The number of thiocarbonyl (C=S) groups is 1. The van der Waals surface area contributed by atoms with Crippen LogP contribution in [-0.4, -0.2) is 39.8 Å². The van der Waals surface area contributed by atoms with E-state index in [9.17, 15) is 0 Å². The van der Waals surface area contributed by atoms with Crippen LogP contribution in [0.2, 0.25) is 0 Å².